The number of hydrogen-bond acceptors (Lipinski definition) is 4. The second kappa shape index (κ2) is 10.5. The maximum Gasteiger partial charge on any atom is 0.412 e. The summed E-state index contributed by atoms with van der Waals surface area (Å²) in [5.41, 5.74) is 1.82. The number of nitrogens with one attached hydrogen (secondary N) is 4. The number of benzene rings is 2. The highest BCUT2D eigenvalue weighted by atomic mass is 16.6. The van der Waals surface area contributed by atoms with Gasteiger partial charge in [0.15, 0.2) is 0 Å². The number of hydrogen-bond donors (Lipinski definition) is 4. The average molecular weight is 427 g/mol. The molecule has 0 aliphatic carbocycles. The van der Waals surface area contributed by atoms with Gasteiger partial charge in [0.2, 0.25) is 0 Å². The first kappa shape index (κ1) is 23.7. The lowest BCUT2D eigenvalue weighted by atomic mass is 10.1. The molecule has 2 rings (SSSR count). The molecule has 0 aromatic heterocycles. The fraction of sp³-hybridized carbons (Fsp3) is 0.348. The Labute approximate surface area is 182 Å². The first-order chi connectivity index (χ1) is 14.5. The fourth-order valence-corrected chi connectivity index (χ4v) is 2.58. The molecule has 0 aliphatic heterocycles. The lowest BCUT2D eigenvalue weighted by Gasteiger charge is -2.19. The molecule has 0 heterocycles. The predicted octanol–water partition coefficient (Wildman–Crippen LogP) is 4.49. The summed E-state index contributed by atoms with van der Waals surface area (Å²) in [6, 6.07) is 13.6. The minimum Gasteiger partial charge on any atom is -0.444 e. The number of carbonyl (C=O) groups is 3. The van der Waals surface area contributed by atoms with E-state index in [1.165, 1.54) is 0 Å². The van der Waals surface area contributed by atoms with Crippen LogP contribution in [0.4, 0.5) is 21.0 Å². The molecule has 8 heteroatoms. The van der Waals surface area contributed by atoms with Gasteiger partial charge in [0.05, 0.1) is 0 Å². The number of anilines is 2. The van der Waals surface area contributed by atoms with Gasteiger partial charge < -0.3 is 20.7 Å². The highest BCUT2D eigenvalue weighted by Gasteiger charge is 2.16. The number of ether oxygens (including phenoxy) is 1. The van der Waals surface area contributed by atoms with E-state index < -0.39 is 11.7 Å². The molecule has 2 aromatic rings. The maximum atomic E-state index is 12.5. The quantitative estimate of drug-likeness (QED) is 0.545. The molecule has 0 atom stereocenters. The van der Waals surface area contributed by atoms with E-state index >= 15 is 0 Å². The monoisotopic (exact) mass is 426 g/mol. The third-order valence-corrected chi connectivity index (χ3v) is 3.85. The topological polar surface area (TPSA) is 109 Å². The molecule has 4 N–H and O–H groups in total. The molecule has 0 saturated heterocycles. The van der Waals surface area contributed by atoms with Crippen LogP contribution in [0.2, 0.25) is 0 Å². The summed E-state index contributed by atoms with van der Waals surface area (Å²) >= 11 is 0. The average Bonchev–Trinajstić information content (AvgIpc) is 2.65. The van der Waals surface area contributed by atoms with E-state index in [1.54, 1.807) is 57.2 Å². The Hall–Kier alpha value is -3.55. The Morgan fingerprint density at radius 1 is 0.935 bits per heavy atom. The van der Waals surface area contributed by atoms with Crippen LogP contribution >= 0.6 is 0 Å². The summed E-state index contributed by atoms with van der Waals surface area (Å²) in [6.07, 6.45) is -0.583. The van der Waals surface area contributed by atoms with Crippen molar-refractivity contribution >= 4 is 29.4 Å². The van der Waals surface area contributed by atoms with Gasteiger partial charge in [-0.3, -0.25) is 10.1 Å². The van der Waals surface area contributed by atoms with Crippen LogP contribution in [-0.4, -0.2) is 29.7 Å². The van der Waals surface area contributed by atoms with E-state index in [1.807, 2.05) is 26.0 Å². The molecule has 8 nitrogen and oxygen atoms in total. The zero-order chi connectivity index (χ0) is 23.0. The lowest BCUT2D eigenvalue weighted by Crippen LogP contribution is -2.34. The normalized spacial score (nSPS) is 10.9. The minimum atomic E-state index is -0.609. The van der Waals surface area contributed by atoms with E-state index in [0.717, 1.165) is 5.56 Å². The number of carbonyl (C=O) groups excluding carboxylic acids is 3. The summed E-state index contributed by atoms with van der Waals surface area (Å²) in [5.74, 6) is -0.272. The number of rotatable bonds is 6. The molecular weight excluding hydrogens is 396 g/mol. The van der Waals surface area contributed by atoms with Crippen LogP contribution in [0.25, 0.3) is 0 Å². The molecule has 0 aliphatic rings. The van der Waals surface area contributed by atoms with Crippen LogP contribution in [0, 0.1) is 0 Å². The summed E-state index contributed by atoms with van der Waals surface area (Å²) in [5, 5.41) is 11.0. The Kier molecular flexibility index (Phi) is 8.01. The van der Waals surface area contributed by atoms with Gasteiger partial charge in [-0.05, 0) is 70.5 Å². The first-order valence-corrected chi connectivity index (χ1v) is 10.1. The van der Waals surface area contributed by atoms with E-state index in [0.29, 0.717) is 23.5 Å². The summed E-state index contributed by atoms with van der Waals surface area (Å²) < 4.78 is 5.22. The molecule has 31 heavy (non-hydrogen) atoms. The standard InChI is InChI=1S/C23H30N4O4/c1-15(2)25-21(29)26-18-11-9-16(10-12-18)14-24-20(28)17-7-6-8-19(13-17)27-22(30)31-23(3,4)5/h6-13,15H,14H2,1-5H3,(H,24,28)(H,27,30)(H2,25,26,29). The molecule has 0 fully saturated rings. The van der Waals surface area contributed by atoms with Crippen molar-refractivity contribution in [1.29, 1.82) is 0 Å². The van der Waals surface area contributed by atoms with Crippen molar-refractivity contribution in [2.45, 2.75) is 52.8 Å². The van der Waals surface area contributed by atoms with Crippen LogP contribution in [0.3, 0.4) is 0 Å². The maximum absolute atomic E-state index is 12.5. The van der Waals surface area contributed by atoms with E-state index in [9.17, 15) is 14.4 Å². The van der Waals surface area contributed by atoms with Crippen LogP contribution in [-0.2, 0) is 11.3 Å². The van der Waals surface area contributed by atoms with Gasteiger partial charge in [-0.1, -0.05) is 18.2 Å². The highest BCUT2D eigenvalue weighted by Crippen LogP contribution is 2.14. The minimum absolute atomic E-state index is 0.0484. The van der Waals surface area contributed by atoms with Crippen molar-refractivity contribution in [2.24, 2.45) is 0 Å². The SMILES string of the molecule is CC(C)NC(=O)Nc1ccc(CNC(=O)c2cccc(NC(=O)OC(C)(C)C)c2)cc1. The Balaban J connectivity index is 1.89. The third kappa shape index (κ3) is 8.77. The van der Waals surface area contributed by atoms with Crippen molar-refractivity contribution in [3.05, 3.63) is 59.7 Å². The fourth-order valence-electron chi connectivity index (χ4n) is 2.58. The van der Waals surface area contributed by atoms with Crippen molar-refractivity contribution in [1.82, 2.24) is 10.6 Å². The van der Waals surface area contributed by atoms with Crippen LogP contribution in [0.15, 0.2) is 48.5 Å². The van der Waals surface area contributed by atoms with Crippen molar-refractivity contribution < 1.29 is 19.1 Å². The Bertz CT molecular complexity index is 918. The van der Waals surface area contributed by atoms with Gasteiger partial charge in [0.25, 0.3) is 5.91 Å². The second-order valence-electron chi connectivity index (χ2n) is 8.34. The number of urea groups is 1. The van der Waals surface area contributed by atoms with Gasteiger partial charge in [0.1, 0.15) is 5.60 Å². The van der Waals surface area contributed by atoms with Gasteiger partial charge in [0, 0.05) is 29.5 Å². The summed E-state index contributed by atoms with van der Waals surface area (Å²) in [6.45, 7) is 9.42. The molecule has 0 radical (unpaired) electrons. The van der Waals surface area contributed by atoms with E-state index in [4.69, 9.17) is 4.74 Å². The van der Waals surface area contributed by atoms with E-state index in [-0.39, 0.29) is 18.0 Å². The largest absolute Gasteiger partial charge is 0.444 e. The van der Waals surface area contributed by atoms with Crippen molar-refractivity contribution in [2.75, 3.05) is 10.6 Å². The molecule has 166 valence electrons. The molecule has 0 spiro atoms. The Morgan fingerprint density at radius 3 is 2.23 bits per heavy atom. The van der Waals surface area contributed by atoms with Gasteiger partial charge in [-0.2, -0.15) is 0 Å². The molecule has 2 aromatic carbocycles. The second-order valence-corrected chi connectivity index (χ2v) is 8.34. The van der Waals surface area contributed by atoms with Crippen LogP contribution in [0.5, 0.6) is 0 Å². The lowest BCUT2D eigenvalue weighted by molar-refractivity contribution is 0.0635. The van der Waals surface area contributed by atoms with E-state index in [2.05, 4.69) is 21.3 Å². The zero-order valence-electron chi connectivity index (χ0n) is 18.5. The Morgan fingerprint density at radius 2 is 1.61 bits per heavy atom. The van der Waals surface area contributed by atoms with Gasteiger partial charge in [-0.25, -0.2) is 9.59 Å². The highest BCUT2D eigenvalue weighted by molar-refractivity contribution is 5.96. The first-order valence-electron chi connectivity index (χ1n) is 10.1. The van der Waals surface area contributed by atoms with Gasteiger partial charge >= 0.3 is 12.1 Å². The van der Waals surface area contributed by atoms with Gasteiger partial charge in [-0.15, -0.1) is 0 Å². The number of amides is 4. The molecule has 0 saturated carbocycles. The van der Waals surface area contributed by atoms with Crippen molar-refractivity contribution in [3.63, 3.8) is 0 Å². The third-order valence-electron chi connectivity index (χ3n) is 3.85. The van der Waals surface area contributed by atoms with Crippen molar-refractivity contribution in [3.8, 4) is 0 Å². The predicted molar refractivity (Wildman–Crippen MR) is 121 cm³/mol. The summed E-state index contributed by atoms with van der Waals surface area (Å²) in [4.78, 5) is 36.1. The van der Waals surface area contributed by atoms with Crippen LogP contribution in [0.1, 0.15) is 50.5 Å². The van der Waals surface area contributed by atoms with Crippen LogP contribution < -0.4 is 21.3 Å². The summed E-state index contributed by atoms with van der Waals surface area (Å²) in [7, 11) is 0. The smallest absolute Gasteiger partial charge is 0.412 e. The molecular formula is C23H30N4O4. The molecule has 0 unspecified atom stereocenters. The molecule has 0 bridgehead atoms. The zero-order valence-corrected chi connectivity index (χ0v) is 18.5. The molecule has 4 amide bonds.